The summed E-state index contributed by atoms with van der Waals surface area (Å²) in [7, 11) is 0. The molecule has 0 aromatic carbocycles. The molecule has 2 heterocycles. The maximum atomic E-state index is 12.1. The fourth-order valence-corrected chi connectivity index (χ4v) is 2.94. The van der Waals surface area contributed by atoms with Crippen LogP contribution in [0.4, 0.5) is 10.5 Å². The number of nitrogens with one attached hydrogen (secondary N) is 1. The van der Waals surface area contributed by atoms with Crippen LogP contribution >= 0.6 is 0 Å². The molecular weight excluding hydrogens is 260 g/mol. The number of nitrogens with zero attached hydrogens (tertiary/aromatic N) is 3. The SMILES string of the molecule is O=C(Nc1cnn2c1CN(C(=O)O)CC2)C1CCCC1. The number of rotatable bonds is 2. The van der Waals surface area contributed by atoms with Crippen molar-refractivity contribution in [1.82, 2.24) is 14.7 Å². The van der Waals surface area contributed by atoms with Crippen LogP contribution in [0.3, 0.4) is 0 Å². The van der Waals surface area contributed by atoms with Crippen molar-refractivity contribution in [3.8, 4) is 0 Å². The van der Waals surface area contributed by atoms with Crippen molar-refractivity contribution in [3.63, 3.8) is 0 Å². The van der Waals surface area contributed by atoms with Gasteiger partial charge in [0.15, 0.2) is 0 Å². The molecule has 0 atom stereocenters. The third kappa shape index (κ3) is 2.35. The molecule has 0 saturated heterocycles. The maximum Gasteiger partial charge on any atom is 0.407 e. The Morgan fingerprint density at radius 3 is 2.75 bits per heavy atom. The summed E-state index contributed by atoms with van der Waals surface area (Å²) in [6.45, 7) is 1.23. The molecule has 20 heavy (non-hydrogen) atoms. The van der Waals surface area contributed by atoms with Crippen LogP contribution in [0.2, 0.25) is 0 Å². The Labute approximate surface area is 116 Å². The van der Waals surface area contributed by atoms with Gasteiger partial charge in [0.05, 0.1) is 30.7 Å². The molecular formula is C13H18N4O3. The van der Waals surface area contributed by atoms with E-state index in [0.717, 1.165) is 31.4 Å². The first kappa shape index (κ1) is 13.0. The van der Waals surface area contributed by atoms with E-state index in [0.29, 0.717) is 18.8 Å². The molecule has 1 aliphatic carbocycles. The summed E-state index contributed by atoms with van der Waals surface area (Å²) in [5.41, 5.74) is 1.41. The highest BCUT2D eigenvalue weighted by atomic mass is 16.4. The second-order valence-corrected chi connectivity index (χ2v) is 5.40. The zero-order valence-electron chi connectivity index (χ0n) is 11.2. The summed E-state index contributed by atoms with van der Waals surface area (Å²) in [6, 6.07) is 0. The summed E-state index contributed by atoms with van der Waals surface area (Å²) in [5.74, 6) is 0.121. The molecule has 7 heteroatoms. The first-order chi connectivity index (χ1) is 9.65. The van der Waals surface area contributed by atoms with Gasteiger partial charge < -0.3 is 15.3 Å². The number of fused-ring (bicyclic) bond motifs is 1. The van der Waals surface area contributed by atoms with E-state index in [1.807, 2.05) is 0 Å². The second kappa shape index (κ2) is 5.15. The highest BCUT2D eigenvalue weighted by Gasteiger charge is 2.27. The Bertz CT molecular complexity index is 534. The highest BCUT2D eigenvalue weighted by molar-refractivity contribution is 5.93. The number of aromatic nitrogens is 2. The van der Waals surface area contributed by atoms with E-state index in [9.17, 15) is 9.59 Å². The van der Waals surface area contributed by atoms with Crippen molar-refractivity contribution in [1.29, 1.82) is 0 Å². The summed E-state index contributed by atoms with van der Waals surface area (Å²) in [5, 5.41) is 16.2. The quantitative estimate of drug-likeness (QED) is 0.858. The van der Waals surface area contributed by atoms with E-state index < -0.39 is 6.09 Å². The van der Waals surface area contributed by atoms with E-state index >= 15 is 0 Å². The average molecular weight is 278 g/mol. The zero-order valence-corrected chi connectivity index (χ0v) is 11.2. The molecule has 0 unspecified atom stereocenters. The first-order valence-electron chi connectivity index (χ1n) is 6.98. The van der Waals surface area contributed by atoms with E-state index in [1.54, 1.807) is 10.9 Å². The number of anilines is 1. The minimum absolute atomic E-state index is 0.0331. The van der Waals surface area contributed by atoms with Crippen molar-refractivity contribution >= 4 is 17.7 Å². The molecule has 0 spiro atoms. The van der Waals surface area contributed by atoms with E-state index in [1.165, 1.54) is 4.90 Å². The number of carbonyl (C=O) groups excluding carboxylic acids is 1. The molecule has 3 rings (SSSR count). The Balaban J connectivity index is 1.73. The lowest BCUT2D eigenvalue weighted by atomic mass is 10.1. The van der Waals surface area contributed by atoms with E-state index in [2.05, 4.69) is 10.4 Å². The van der Waals surface area contributed by atoms with Crippen molar-refractivity contribution in [2.24, 2.45) is 5.92 Å². The highest BCUT2D eigenvalue weighted by Crippen LogP contribution is 2.27. The van der Waals surface area contributed by atoms with Gasteiger partial charge in [-0.25, -0.2) is 4.79 Å². The topological polar surface area (TPSA) is 87.5 Å². The molecule has 0 radical (unpaired) electrons. The summed E-state index contributed by atoms with van der Waals surface area (Å²) in [6.07, 6.45) is 4.78. The summed E-state index contributed by atoms with van der Waals surface area (Å²) in [4.78, 5) is 24.5. The number of amides is 2. The lowest BCUT2D eigenvalue weighted by Crippen LogP contribution is -2.37. The fraction of sp³-hybridized carbons (Fsp3) is 0.615. The summed E-state index contributed by atoms with van der Waals surface area (Å²) < 4.78 is 1.77. The van der Waals surface area contributed by atoms with Crippen LogP contribution in [0.25, 0.3) is 0 Å². The third-order valence-corrected chi connectivity index (χ3v) is 4.13. The first-order valence-corrected chi connectivity index (χ1v) is 6.98. The molecule has 2 N–H and O–H groups in total. The van der Waals surface area contributed by atoms with Crippen LogP contribution in [0.15, 0.2) is 6.20 Å². The van der Waals surface area contributed by atoms with Crippen LogP contribution in [-0.2, 0) is 17.9 Å². The lowest BCUT2D eigenvalue weighted by molar-refractivity contribution is -0.119. The largest absolute Gasteiger partial charge is 0.465 e. The standard InChI is InChI=1S/C13H18N4O3/c18-12(9-3-1-2-4-9)15-10-7-14-17-6-5-16(13(19)20)8-11(10)17/h7,9H,1-6,8H2,(H,15,18)(H,19,20). The Morgan fingerprint density at radius 2 is 2.05 bits per heavy atom. The average Bonchev–Trinajstić information content (AvgIpc) is 3.08. The molecule has 2 aliphatic rings. The predicted molar refractivity (Wildman–Crippen MR) is 71.2 cm³/mol. The molecule has 1 aromatic heterocycles. The number of hydrogen-bond donors (Lipinski definition) is 2. The van der Waals surface area contributed by atoms with Crippen LogP contribution < -0.4 is 5.32 Å². The van der Waals surface area contributed by atoms with Crippen LogP contribution in [-0.4, -0.2) is 38.3 Å². The Hall–Kier alpha value is -2.05. The molecule has 7 nitrogen and oxygen atoms in total. The van der Waals surface area contributed by atoms with Crippen LogP contribution in [0.1, 0.15) is 31.4 Å². The van der Waals surface area contributed by atoms with Gasteiger partial charge in [-0.3, -0.25) is 9.48 Å². The second-order valence-electron chi connectivity index (χ2n) is 5.40. The fourth-order valence-electron chi connectivity index (χ4n) is 2.94. The zero-order chi connectivity index (χ0) is 14.1. The lowest BCUT2D eigenvalue weighted by Gasteiger charge is -2.25. The maximum absolute atomic E-state index is 12.1. The monoisotopic (exact) mass is 278 g/mol. The molecule has 1 aliphatic heterocycles. The van der Waals surface area contributed by atoms with Gasteiger partial charge in [0.1, 0.15) is 0 Å². The number of hydrogen-bond acceptors (Lipinski definition) is 3. The van der Waals surface area contributed by atoms with Gasteiger partial charge in [-0.05, 0) is 12.8 Å². The third-order valence-electron chi connectivity index (χ3n) is 4.13. The summed E-state index contributed by atoms with van der Waals surface area (Å²) >= 11 is 0. The van der Waals surface area contributed by atoms with Crippen molar-refractivity contribution in [3.05, 3.63) is 11.9 Å². The Morgan fingerprint density at radius 1 is 1.30 bits per heavy atom. The normalized spacial score (nSPS) is 18.9. The van der Waals surface area contributed by atoms with Gasteiger partial charge in [0.25, 0.3) is 0 Å². The van der Waals surface area contributed by atoms with E-state index in [-0.39, 0.29) is 18.4 Å². The van der Waals surface area contributed by atoms with Gasteiger partial charge in [-0.15, -0.1) is 0 Å². The molecule has 0 bridgehead atoms. The van der Waals surface area contributed by atoms with Gasteiger partial charge in [0, 0.05) is 12.5 Å². The molecule has 1 aromatic rings. The predicted octanol–water partition coefficient (Wildman–Crippen LogP) is 1.51. The van der Waals surface area contributed by atoms with E-state index in [4.69, 9.17) is 5.11 Å². The minimum atomic E-state index is -0.939. The molecule has 108 valence electrons. The smallest absolute Gasteiger partial charge is 0.407 e. The van der Waals surface area contributed by atoms with Gasteiger partial charge in [0.2, 0.25) is 5.91 Å². The Kier molecular flexibility index (Phi) is 3.33. The van der Waals surface area contributed by atoms with Crippen LogP contribution in [0.5, 0.6) is 0 Å². The van der Waals surface area contributed by atoms with Gasteiger partial charge in [-0.1, -0.05) is 12.8 Å². The van der Waals surface area contributed by atoms with Gasteiger partial charge >= 0.3 is 6.09 Å². The molecule has 1 fully saturated rings. The van der Waals surface area contributed by atoms with Crippen molar-refractivity contribution in [2.75, 3.05) is 11.9 Å². The number of carboxylic acid groups (broad SMARTS) is 1. The van der Waals surface area contributed by atoms with Crippen LogP contribution in [0, 0.1) is 5.92 Å². The van der Waals surface area contributed by atoms with Crippen molar-refractivity contribution < 1.29 is 14.7 Å². The molecule has 2 amide bonds. The number of carbonyl (C=O) groups is 2. The molecule has 1 saturated carbocycles. The van der Waals surface area contributed by atoms with Gasteiger partial charge in [-0.2, -0.15) is 5.10 Å². The van der Waals surface area contributed by atoms with Crippen molar-refractivity contribution in [2.45, 2.75) is 38.8 Å². The minimum Gasteiger partial charge on any atom is -0.465 e.